The van der Waals surface area contributed by atoms with Crippen LogP contribution in [0.3, 0.4) is 0 Å². The van der Waals surface area contributed by atoms with Crippen molar-refractivity contribution < 1.29 is 4.79 Å². The summed E-state index contributed by atoms with van der Waals surface area (Å²) in [6.07, 6.45) is 4.85. The summed E-state index contributed by atoms with van der Waals surface area (Å²) in [6, 6.07) is 3.42. The van der Waals surface area contributed by atoms with Gasteiger partial charge in [0.2, 0.25) is 0 Å². The van der Waals surface area contributed by atoms with Crippen LogP contribution < -0.4 is 5.32 Å². The van der Waals surface area contributed by atoms with Crippen molar-refractivity contribution in [2.24, 2.45) is 0 Å². The number of rotatable bonds is 4. The lowest BCUT2D eigenvalue weighted by atomic mass is 10.4. The van der Waals surface area contributed by atoms with Crippen molar-refractivity contribution in [1.29, 1.82) is 0 Å². The highest BCUT2D eigenvalue weighted by atomic mass is 35.5. The summed E-state index contributed by atoms with van der Waals surface area (Å²) in [5, 5.41) is 2.84. The second kappa shape index (κ2) is 5.56. The van der Waals surface area contributed by atoms with Gasteiger partial charge in [-0.2, -0.15) is 0 Å². The molecule has 6 nitrogen and oxygen atoms in total. The molecule has 8 heteroatoms. The van der Waals surface area contributed by atoms with Crippen LogP contribution >= 0.6 is 22.9 Å². The van der Waals surface area contributed by atoms with Crippen LogP contribution in [-0.2, 0) is 6.54 Å². The highest BCUT2D eigenvalue weighted by molar-refractivity contribution is 7.17. The average molecular weight is 308 g/mol. The fourth-order valence-corrected chi connectivity index (χ4v) is 2.76. The number of hydrogen-bond acceptors (Lipinski definition) is 5. The van der Waals surface area contributed by atoms with E-state index in [-0.39, 0.29) is 5.91 Å². The van der Waals surface area contributed by atoms with Crippen LogP contribution in [0, 0.1) is 0 Å². The van der Waals surface area contributed by atoms with E-state index in [4.69, 9.17) is 11.6 Å². The first-order valence-electron chi connectivity index (χ1n) is 5.88. The van der Waals surface area contributed by atoms with Crippen molar-refractivity contribution in [2.45, 2.75) is 6.54 Å². The van der Waals surface area contributed by atoms with Crippen molar-refractivity contribution in [2.75, 3.05) is 6.54 Å². The Morgan fingerprint density at radius 2 is 2.30 bits per heavy atom. The van der Waals surface area contributed by atoms with Gasteiger partial charge in [-0.15, -0.1) is 11.3 Å². The smallest absolute Gasteiger partial charge is 0.261 e. The number of carbonyl (C=O) groups is 1. The zero-order chi connectivity index (χ0) is 13.9. The van der Waals surface area contributed by atoms with Crippen molar-refractivity contribution in [1.82, 2.24) is 24.8 Å². The van der Waals surface area contributed by atoms with E-state index in [1.54, 1.807) is 24.7 Å². The van der Waals surface area contributed by atoms with Crippen LogP contribution in [0.25, 0.3) is 11.2 Å². The van der Waals surface area contributed by atoms with Gasteiger partial charge in [-0.05, 0) is 12.1 Å². The SMILES string of the molecule is O=C(NCCn1cnc2ncncc21)c1ccc(Cl)s1. The minimum atomic E-state index is -0.123. The lowest BCUT2D eigenvalue weighted by molar-refractivity contribution is 0.0956. The Kier molecular flexibility index (Phi) is 3.62. The Balaban J connectivity index is 1.61. The molecule has 0 unspecified atom stereocenters. The molecule has 0 bridgehead atoms. The molecule has 3 rings (SSSR count). The van der Waals surface area contributed by atoms with Gasteiger partial charge in [-0.3, -0.25) is 4.79 Å². The molecule has 3 aromatic rings. The molecular weight excluding hydrogens is 298 g/mol. The summed E-state index contributed by atoms with van der Waals surface area (Å²) in [4.78, 5) is 24.6. The largest absolute Gasteiger partial charge is 0.350 e. The van der Waals surface area contributed by atoms with Gasteiger partial charge in [0.15, 0.2) is 5.65 Å². The maximum absolute atomic E-state index is 11.8. The Labute approximate surface area is 123 Å². The number of amides is 1. The standard InChI is InChI=1S/C12H10ClN5OS/c13-10-2-1-9(20-10)12(19)15-3-4-18-7-17-11-8(18)5-14-6-16-11/h1-2,5-7H,3-4H2,(H,15,19). The first-order chi connectivity index (χ1) is 9.74. The summed E-state index contributed by atoms with van der Waals surface area (Å²) in [5.74, 6) is -0.123. The number of thiophene rings is 1. The normalized spacial score (nSPS) is 10.8. The van der Waals surface area contributed by atoms with Crippen LogP contribution in [0.4, 0.5) is 0 Å². The van der Waals surface area contributed by atoms with E-state index in [2.05, 4.69) is 20.3 Å². The first kappa shape index (κ1) is 13.0. The van der Waals surface area contributed by atoms with Crippen LogP contribution in [0.1, 0.15) is 9.67 Å². The molecule has 3 aromatic heterocycles. The van der Waals surface area contributed by atoms with Gasteiger partial charge in [0.05, 0.1) is 21.7 Å². The molecule has 1 amide bonds. The molecule has 0 aliphatic rings. The maximum atomic E-state index is 11.8. The van der Waals surface area contributed by atoms with Gasteiger partial charge in [-0.25, -0.2) is 15.0 Å². The van der Waals surface area contributed by atoms with E-state index in [1.165, 1.54) is 17.7 Å². The molecule has 0 spiro atoms. The first-order valence-corrected chi connectivity index (χ1v) is 7.08. The van der Waals surface area contributed by atoms with Gasteiger partial charge in [0.1, 0.15) is 11.8 Å². The van der Waals surface area contributed by atoms with Crippen LogP contribution in [-0.4, -0.2) is 32.0 Å². The fraction of sp³-hybridized carbons (Fsp3) is 0.167. The molecule has 0 saturated carbocycles. The van der Waals surface area contributed by atoms with Gasteiger partial charge >= 0.3 is 0 Å². The van der Waals surface area contributed by atoms with Crippen LogP contribution in [0.5, 0.6) is 0 Å². The fourth-order valence-electron chi connectivity index (χ4n) is 1.80. The summed E-state index contributed by atoms with van der Waals surface area (Å²) >= 11 is 7.06. The zero-order valence-electron chi connectivity index (χ0n) is 10.3. The van der Waals surface area contributed by atoms with Gasteiger partial charge < -0.3 is 9.88 Å². The van der Waals surface area contributed by atoms with Gasteiger partial charge in [-0.1, -0.05) is 11.6 Å². The van der Waals surface area contributed by atoms with Gasteiger partial charge in [0, 0.05) is 13.1 Å². The third-order valence-corrected chi connectivity index (χ3v) is 3.97. The Bertz CT molecular complexity index is 753. The van der Waals surface area contributed by atoms with Crippen LogP contribution in [0.15, 0.2) is 31.0 Å². The summed E-state index contributed by atoms with van der Waals surface area (Å²) in [6.45, 7) is 1.10. The highest BCUT2D eigenvalue weighted by Crippen LogP contribution is 2.21. The molecule has 102 valence electrons. The lowest BCUT2D eigenvalue weighted by Crippen LogP contribution is -2.26. The molecule has 0 saturated heterocycles. The number of aromatic nitrogens is 4. The predicted molar refractivity (Wildman–Crippen MR) is 77.0 cm³/mol. The molecule has 3 heterocycles. The van der Waals surface area contributed by atoms with Crippen LogP contribution in [0.2, 0.25) is 4.34 Å². The number of nitrogens with one attached hydrogen (secondary N) is 1. The minimum Gasteiger partial charge on any atom is -0.350 e. The van der Waals surface area contributed by atoms with Gasteiger partial charge in [0.25, 0.3) is 5.91 Å². The molecular formula is C12H10ClN5OS. The van der Waals surface area contributed by atoms with E-state index < -0.39 is 0 Å². The number of halogens is 1. The van der Waals surface area contributed by atoms with Crippen molar-refractivity contribution in [3.05, 3.63) is 40.2 Å². The minimum absolute atomic E-state index is 0.123. The zero-order valence-corrected chi connectivity index (χ0v) is 11.9. The molecule has 0 aromatic carbocycles. The van der Waals surface area contributed by atoms with E-state index in [0.717, 1.165) is 5.52 Å². The predicted octanol–water partition coefficient (Wildman–Crippen LogP) is 1.97. The average Bonchev–Trinajstić information content (AvgIpc) is 3.06. The number of hydrogen-bond donors (Lipinski definition) is 1. The number of carbonyl (C=O) groups excluding carboxylic acids is 1. The molecule has 0 aliphatic heterocycles. The monoisotopic (exact) mass is 307 g/mol. The molecule has 20 heavy (non-hydrogen) atoms. The van der Waals surface area contributed by atoms with E-state index >= 15 is 0 Å². The Morgan fingerprint density at radius 3 is 3.10 bits per heavy atom. The molecule has 1 N–H and O–H groups in total. The second-order valence-electron chi connectivity index (χ2n) is 4.03. The molecule has 0 fully saturated rings. The second-order valence-corrected chi connectivity index (χ2v) is 5.74. The van der Waals surface area contributed by atoms with E-state index in [9.17, 15) is 4.79 Å². The third kappa shape index (κ3) is 2.63. The number of fused-ring (bicyclic) bond motifs is 1. The Morgan fingerprint density at radius 1 is 1.40 bits per heavy atom. The van der Waals surface area contributed by atoms with Crippen molar-refractivity contribution in [3.63, 3.8) is 0 Å². The maximum Gasteiger partial charge on any atom is 0.261 e. The Hall–Kier alpha value is -1.99. The lowest BCUT2D eigenvalue weighted by Gasteiger charge is -2.05. The molecule has 0 aliphatic carbocycles. The molecule has 0 atom stereocenters. The van der Waals surface area contributed by atoms with E-state index in [0.29, 0.717) is 28.0 Å². The summed E-state index contributed by atoms with van der Waals surface area (Å²) < 4.78 is 2.50. The van der Waals surface area contributed by atoms with E-state index in [1.807, 2.05) is 4.57 Å². The third-order valence-electron chi connectivity index (χ3n) is 2.74. The van der Waals surface area contributed by atoms with Crippen molar-refractivity contribution >= 4 is 40.0 Å². The van der Waals surface area contributed by atoms with Crippen molar-refractivity contribution in [3.8, 4) is 0 Å². The number of nitrogens with zero attached hydrogens (tertiary/aromatic N) is 4. The highest BCUT2D eigenvalue weighted by Gasteiger charge is 2.08. The number of imidazole rings is 1. The quantitative estimate of drug-likeness (QED) is 0.800. The summed E-state index contributed by atoms with van der Waals surface area (Å²) in [5.41, 5.74) is 1.50. The topological polar surface area (TPSA) is 72.7 Å². The molecule has 0 radical (unpaired) electrons. The summed E-state index contributed by atoms with van der Waals surface area (Å²) in [7, 11) is 0.